The lowest BCUT2D eigenvalue weighted by atomic mass is 9.82. The SMILES string of the molecule is CN(C)CCCN(C)C(=O)NCC1CCC(C(=O)O)CC1. The first kappa shape index (κ1) is 17.8. The Bertz CT molecular complexity index is 339. The lowest BCUT2D eigenvalue weighted by Gasteiger charge is -2.27. The van der Waals surface area contributed by atoms with Crippen molar-refractivity contribution < 1.29 is 14.7 Å². The molecule has 0 spiro atoms. The third kappa shape index (κ3) is 6.80. The highest BCUT2D eigenvalue weighted by atomic mass is 16.4. The van der Waals surface area contributed by atoms with Crippen LogP contribution in [0, 0.1) is 11.8 Å². The number of amides is 2. The Labute approximate surface area is 127 Å². The van der Waals surface area contributed by atoms with E-state index in [1.165, 1.54) is 0 Å². The highest BCUT2D eigenvalue weighted by molar-refractivity contribution is 5.73. The summed E-state index contributed by atoms with van der Waals surface area (Å²) < 4.78 is 0. The molecule has 1 aliphatic carbocycles. The van der Waals surface area contributed by atoms with E-state index in [0.717, 1.165) is 45.2 Å². The smallest absolute Gasteiger partial charge is 0.317 e. The van der Waals surface area contributed by atoms with E-state index in [1.807, 2.05) is 21.1 Å². The maximum Gasteiger partial charge on any atom is 0.317 e. The van der Waals surface area contributed by atoms with E-state index >= 15 is 0 Å². The van der Waals surface area contributed by atoms with Gasteiger partial charge in [-0.15, -0.1) is 0 Å². The maximum atomic E-state index is 11.9. The highest BCUT2D eigenvalue weighted by Gasteiger charge is 2.26. The second-order valence-electron chi connectivity index (χ2n) is 6.32. The van der Waals surface area contributed by atoms with Crippen LogP contribution in [0.1, 0.15) is 32.1 Å². The molecule has 0 aromatic carbocycles. The number of carboxylic acid groups (broad SMARTS) is 1. The normalized spacial score (nSPS) is 22.1. The van der Waals surface area contributed by atoms with Crippen LogP contribution in [0.5, 0.6) is 0 Å². The third-order valence-electron chi connectivity index (χ3n) is 4.18. The monoisotopic (exact) mass is 299 g/mol. The number of carboxylic acids is 1. The standard InChI is InChI=1S/C15H29N3O3/c1-17(2)9-4-10-18(3)15(21)16-11-12-5-7-13(8-6-12)14(19)20/h12-13H,4-11H2,1-3H3,(H,16,21)(H,19,20). The van der Waals surface area contributed by atoms with Gasteiger partial charge in [-0.25, -0.2) is 4.79 Å². The number of aliphatic carboxylic acids is 1. The van der Waals surface area contributed by atoms with Gasteiger partial charge in [-0.1, -0.05) is 0 Å². The van der Waals surface area contributed by atoms with Crippen LogP contribution in [-0.2, 0) is 4.79 Å². The molecule has 2 amide bonds. The molecule has 6 heteroatoms. The predicted molar refractivity (Wildman–Crippen MR) is 82.3 cm³/mol. The molecule has 1 rings (SSSR count). The maximum absolute atomic E-state index is 11.9. The lowest BCUT2D eigenvalue weighted by molar-refractivity contribution is -0.143. The van der Waals surface area contributed by atoms with Gasteiger partial charge in [0.25, 0.3) is 0 Å². The van der Waals surface area contributed by atoms with Crippen molar-refractivity contribution in [1.82, 2.24) is 15.1 Å². The van der Waals surface area contributed by atoms with Crippen LogP contribution < -0.4 is 5.32 Å². The van der Waals surface area contributed by atoms with Gasteiger partial charge in [-0.2, -0.15) is 0 Å². The minimum Gasteiger partial charge on any atom is -0.481 e. The van der Waals surface area contributed by atoms with Crippen LogP contribution in [0.4, 0.5) is 4.79 Å². The van der Waals surface area contributed by atoms with E-state index in [0.29, 0.717) is 12.5 Å². The Morgan fingerprint density at radius 3 is 2.24 bits per heavy atom. The molecule has 0 aliphatic heterocycles. The molecule has 0 saturated heterocycles. The fraction of sp³-hybridized carbons (Fsp3) is 0.867. The molecule has 0 atom stereocenters. The first-order valence-electron chi connectivity index (χ1n) is 7.76. The molecule has 0 aromatic heterocycles. The summed E-state index contributed by atoms with van der Waals surface area (Å²) in [5.41, 5.74) is 0. The van der Waals surface area contributed by atoms with Crippen LogP contribution >= 0.6 is 0 Å². The number of nitrogens with one attached hydrogen (secondary N) is 1. The van der Waals surface area contributed by atoms with Crippen molar-refractivity contribution in [2.45, 2.75) is 32.1 Å². The average molecular weight is 299 g/mol. The molecule has 0 unspecified atom stereocenters. The Balaban J connectivity index is 2.17. The van der Waals surface area contributed by atoms with Crippen molar-refractivity contribution in [3.63, 3.8) is 0 Å². The number of carbonyl (C=O) groups excluding carboxylic acids is 1. The second-order valence-corrected chi connectivity index (χ2v) is 6.32. The largest absolute Gasteiger partial charge is 0.481 e. The van der Waals surface area contributed by atoms with Gasteiger partial charge < -0.3 is 20.2 Å². The Kier molecular flexibility index (Phi) is 7.50. The molecule has 0 radical (unpaired) electrons. The number of nitrogens with zero attached hydrogens (tertiary/aromatic N) is 2. The fourth-order valence-corrected chi connectivity index (χ4v) is 2.71. The minimum absolute atomic E-state index is 0.0332. The van der Waals surface area contributed by atoms with Crippen molar-refractivity contribution in [3.05, 3.63) is 0 Å². The molecule has 2 N–H and O–H groups in total. The lowest BCUT2D eigenvalue weighted by Crippen LogP contribution is -2.41. The molecule has 0 bridgehead atoms. The molecular weight excluding hydrogens is 270 g/mol. The van der Waals surface area contributed by atoms with Crippen molar-refractivity contribution >= 4 is 12.0 Å². The minimum atomic E-state index is -0.682. The second kappa shape index (κ2) is 8.87. The molecule has 0 aromatic rings. The van der Waals surface area contributed by atoms with Crippen LogP contribution in [0.15, 0.2) is 0 Å². The number of urea groups is 1. The van der Waals surface area contributed by atoms with E-state index in [-0.39, 0.29) is 11.9 Å². The molecular formula is C15H29N3O3. The Morgan fingerprint density at radius 1 is 1.10 bits per heavy atom. The first-order chi connectivity index (χ1) is 9.90. The summed E-state index contributed by atoms with van der Waals surface area (Å²) in [5.74, 6) is -0.455. The predicted octanol–water partition coefficient (Wildman–Crippen LogP) is 1.47. The first-order valence-corrected chi connectivity index (χ1v) is 7.76. The van der Waals surface area contributed by atoms with E-state index in [9.17, 15) is 9.59 Å². The van der Waals surface area contributed by atoms with E-state index in [4.69, 9.17) is 5.11 Å². The van der Waals surface area contributed by atoms with Gasteiger partial charge in [-0.3, -0.25) is 4.79 Å². The zero-order valence-corrected chi connectivity index (χ0v) is 13.5. The molecule has 122 valence electrons. The summed E-state index contributed by atoms with van der Waals surface area (Å²) in [6.07, 6.45) is 4.20. The summed E-state index contributed by atoms with van der Waals surface area (Å²) in [6, 6.07) is -0.0332. The molecule has 21 heavy (non-hydrogen) atoms. The molecule has 1 fully saturated rings. The molecule has 1 saturated carbocycles. The van der Waals surface area contributed by atoms with Crippen LogP contribution in [0.2, 0.25) is 0 Å². The molecule has 6 nitrogen and oxygen atoms in total. The van der Waals surface area contributed by atoms with Crippen LogP contribution in [-0.4, -0.2) is 67.7 Å². The van der Waals surface area contributed by atoms with Gasteiger partial charge in [0.15, 0.2) is 0 Å². The average Bonchev–Trinajstić information content (AvgIpc) is 2.44. The summed E-state index contributed by atoms with van der Waals surface area (Å²) in [4.78, 5) is 26.6. The number of carbonyl (C=O) groups is 2. The fourth-order valence-electron chi connectivity index (χ4n) is 2.71. The zero-order chi connectivity index (χ0) is 15.8. The van der Waals surface area contributed by atoms with Gasteiger partial charge in [0, 0.05) is 20.1 Å². The third-order valence-corrected chi connectivity index (χ3v) is 4.18. The zero-order valence-electron chi connectivity index (χ0n) is 13.5. The summed E-state index contributed by atoms with van der Waals surface area (Å²) in [6.45, 7) is 2.37. The van der Waals surface area contributed by atoms with Gasteiger partial charge >= 0.3 is 12.0 Å². The van der Waals surface area contributed by atoms with Crippen molar-refractivity contribution in [1.29, 1.82) is 0 Å². The Hall–Kier alpha value is -1.30. The Morgan fingerprint density at radius 2 is 1.71 bits per heavy atom. The van der Waals surface area contributed by atoms with Gasteiger partial charge in [-0.05, 0) is 58.7 Å². The van der Waals surface area contributed by atoms with Crippen molar-refractivity contribution in [2.75, 3.05) is 40.8 Å². The van der Waals surface area contributed by atoms with Crippen LogP contribution in [0.25, 0.3) is 0 Å². The topological polar surface area (TPSA) is 72.9 Å². The molecule has 0 heterocycles. The van der Waals surface area contributed by atoms with Crippen LogP contribution in [0.3, 0.4) is 0 Å². The van der Waals surface area contributed by atoms with Gasteiger partial charge in [0.2, 0.25) is 0 Å². The van der Waals surface area contributed by atoms with Crippen molar-refractivity contribution in [2.24, 2.45) is 11.8 Å². The van der Waals surface area contributed by atoms with E-state index < -0.39 is 5.97 Å². The number of hydrogen-bond acceptors (Lipinski definition) is 3. The number of hydrogen-bond donors (Lipinski definition) is 2. The van der Waals surface area contributed by atoms with E-state index in [2.05, 4.69) is 10.2 Å². The van der Waals surface area contributed by atoms with Gasteiger partial charge in [0.1, 0.15) is 0 Å². The summed E-state index contributed by atoms with van der Waals surface area (Å²) >= 11 is 0. The highest BCUT2D eigenvalue weighted by Crippen LogP contribution is 2.28. The van der Waals surface area contributed by atoms with Gasteiger partial charge in [0.05, 0.1) is 5.92 Å². The summed E-state index contributed by atoms with van der Waals surface area (Å²) in [5, 5.41) is 11.9. The van der Waals surface area contributed by atoms with Crippen molar-refractivity contribution in [3.8, 4) is 0 Å². The quantitative estimate of drug-likeness (QED) is 0.746. The summed E-state index contributed by atoms with van der Waals surface area (Å²) in [7, 11) is 5.85. The number of rotatable bonds is 7. The van der Waals surface area contributed by atoms with E-state index in [1.54, 1.807) is 4.90 Å². The molecule has 1 aliphatic rings.